The van der Waals surface area contributed by atoms with Crippen LogP contribution in [0.4, 0.5) is 18.3 Å². The van der Waals surface area contributed by atoms with Crippen molar-refractivity contribution in [2.24, 2.45) is 5.73 Å². The molecule has 1 heterocycles. The summed E-state index contributed by atoms with van der Waals surface area (Å²) in [4.78, 5) is 10.8. The Morgan fingerprint density at radius 1 is 1.47 bits per heavy atom. The number of rotatable bonds is 3. The van der Waals surface area contributed by atoms with E-state index in [1.54, 1.807) is 0 Å². The molecular formula is C6H7F3N4OS. The first-order valence-electron chi connectivity index (χ1n) is 3.80. The van der Waals surface area contributed by atoms with Gasteiger partial charge in [0.05, 0.1) is 13.0 Å². The Morgan fingerprint density at radius 3 is 2.67 bits per heavy atom. The average Bonchev–Trinajstić information content (AvgIpc) is 2.49. The van der Waals surface area contributed by atoms with E-state index in [2.05, 4.69) is 15.5 Å². The van der Waals surface area contributed by atoms with Crippen LogP contribution in [0, 0.1) is 0 Å². The number of carbonyl (C=O) groups is 1. The van der Waals surface area contributed by atoms with Crippen molar-refractivity contribution < 1.29 is 18.0 Å². The smallest absolute Gasteiger partial charge is 0.322 e. The normalized spacial score (nSPS) is 11.5. The van der Waals surface area contributed by atoms with Crippen molar-refractivity contribution in [3.8, 4) is 0 Å². The van der Waals surface area contributed by atoms with E-state index >= 15 is 0 Å². The highest BCUT2D eigenvalue weighted by Crippen LogP contribution is 2.24. The van der Waals surface area contributed by atoms with Crippen molar-refractivity contribution in [1.29, 1.82) is 0 Å². The van der Waals surface area contributed by atoms with Gasteiger partial charge in [0.25, 0.3) is 0 Å². The second-order valence-electron chi connectivity index (χ2n) is 2.55. The van der Waals surface area contributed by atoms with Gasteiger partial charge in [-0.25, -0.2) is 0 Å². The molecule has 5 nitrogen and oxygen atoms in total. The molecule has 0 spiro atoms. The van der Waals surface area contributed by atoms with Crippen molar-refractivity contribution in [2.45, 2.75) is 12.6 Å². The van der Waals surface area contributed by atoms with E-state index in [9.17, 15) is 18.0 Å². The Morgan fingerprint density at radius 2 is 2.13 bits per heavy atom. The Kier molecular flexibility index (Phi) is 3.58. The molecule has 0 unspecified atom stereocenters. The molecule has 15 heavy (non-hydrogen) atoms. The second kappa shape index (κ2) is 4.53. The topological polar surface area (TPSA) is 80.9 Å². The lowest BCUT2D eigenvalue weighted by Crippen LogP contribution is -2.21. The Bertz CT molecular complexity index is 350. The third-order valence-corrected chi connectivity index (χ3v) is 2.09. The summed E-state index contributed by atoms with van der Waals surface area (Å²) in [6.07, 6.45) is -5.47. The van der Waals surface area contributed by atoms with Crippen LogP contribution < -0.4 is 11.1 Å². The quantitative estimate of drug-likeness (QED) is 0.808. The lowest BCUT2D eigenvalue weighted by Gasteiger charge is -2.00. The summed E-state index contributed by atoms with van der Waals surface area (Å²) in [6.45, 7) is -0.256. The molecule has 1 aromatic heterocycles. The fourth-order valence-electron chi connectivity index (χ4n) is 0.717. The monoisotopic (exact) mass is 240 g/mol. The number of hydrogen-bond acceptors (Lipinski definition) is 5. The van der Waals surface area contributed by atoms with Gasteiger partial charge in [-0.15, -0.1) is 10.2 Å². The van der Waals surface area contributed by atoms with Gasteiger partial charge in [0.1, 0.15) is 5.01 Å². The molecule has 0 saturated heterocycles. The molecule has 0 aromatic carbocycles. The summed E-state index contributed by atoms with van der Waals surface area (Å²) < 4.78 is 35.7. The Balaban J connectivity index is 2.60. The van der Waals surface area contributed by atoms with Crippen LogP contribution in [0.1, 0.15) is 5.01 Å². The molecule has 84 valence electrons. The molecule has 0 aliphatic heterocycles. The largest absolute Gasteiger partial charge is 0.395 e. The molecule has 0 atom stereocenters. The van der Waals surface area contributed by atoms with Gasteiger partial charge in [-0.3, -0.25) is 10.1 Å². The van der Waals surface area contributed by atoms with Crippen molar-refractivity contribution >= 4 is 22.4 Å². The van der Waals surface area contributed by atoms with Crippen LogP contribution in [0.5, 0.6) is 0 Å². The van der Waals surface area contributed by atoms with Crippen molar-refractivity contribution in [2.75, 3.05) is 11.9 Å². The van der Waals surface area contributed by atoms with Crippen LogP contribution in [0.3, 0.4) is 0 Å². The van der Waals surface area contributed by atoms with Crippen LogP contribution in [-0.2, 0) is 11.2 Å². The van der Waals surface area contributed by atoms with Crippen LogP contribution in [0.15, 0.2) is 0 Å². The highest BCUT2D eigenvalue weighted by molar-refractivity contribution is 7.15. The second-order valence-corrected chi connectivity index (χ2v) is 3.61. The highest BCUT2D eigenvalue weighted by atomic mass is 32.1. The van der Waals surface area contributed by atoms with E-state index in [1.165, 1.54) is 0 Å². The summed E-state index contributed by atoms with van der Waals surface area (Å²) in [7, 11) is 0. The fraction of sp³-hybridized carbons (Fsp3) is 0.500. The molecule has 0 aliphatic carbocycles. The third-order valence-electron chi connectivity index (χ3n) is 1.25. The number of anilines is 1. The van der Waals surface area contributed by atoms with E-state index < -0.39 is 18.5 Å². The van der Waals surface area contributed by atoms with Crippen LogP contribution >= 0.6 is 11.3 Å². The Labute approximate surface area is 86.5 Å². The van der Waals surface area contributed by atoms with E-state index in [1.807, 2.05) is 0 Å². The van der Waals surface area contributed by atoms with Gasteiger partial charge in [-0.05, 0) is 0 Å². The first kappa shape index (κ1) is 11.9. The van der Waals surface area contributed by atoms with Gasteiger partial charge >= 0.3 is 6.18 Å². The number of nitrogens with two attached hydrogens (primary N) is 1. The minimum Gasteiger partial charge on any atom is -0.322 e. The van der Waals surface area contributed by atoms with Gasteiger partial charge in [-0.1, -0.05) is 11.3 Å². The van der Waals surface area contributed by atoms with E-state index in [4.69, 9.17) is 5.73 Å². The van der Waals surface area contributed by atoms with Crippen LogP contribution in [0.25, 0.3) is 0 Å². The SMILES string of the molecule is NCC(=O)Nc1nnc(CC(F)(F)F)s1. The van der Waals surface area contributed by atoms with Crippen molar-refractivity contribution in [3.63, 3.8) is 0 Å². The van der Waals surface area contributed by atoms with E-state index in [-0.39, 0.29) is 16.7 Å². The fourth-order valence-corrected chi connectivity index (χ4v) is 1.50. The van der Waals surface area contributed by atoms with Gasteiger partial charge in [0.15, 0.2) is 0 Å². The van der Waals surface area contributed by atoms with Gasteiger partial charge in [-0.2, -0.15) is 13.2 Å². The molecule has 1 rings (SSSR count). The van der Waals surface area contributed by atoms with Gasteiger partial charge in [0, 0.05) is 0 Å². The molecule has 1 aromatic rings. The van der Waals surface area contributed by atoms with E-state index in [0.29, 0.717) is 11.3 Å². The molecule has 0 saturated carbocycles. The molecule has 9 heteroatoms. The number of alkyl halides is 3. The average molecular weight is 240 g/mol. The first-order valence-corrected chi connectivity index (χ1v) is 4.61. The lowest BCUT2D eigenvalue weighted by molar-refractivity contribution is -0.127. The maximum atomic E-state index is 11.9. The molecule has 0 aliphatic rings. The number of carbonyl (C=O) groups excluding carboxylic acids is 1. The minimum atomic E-state index is -4.32. The summed E-state index contributed by atoms with van der Waals surface area (Å²) in [5.41, 5.74) is 4.99. The maximum absolute atomic E-state index is 11.9. The lowest BCUT2D eigenvalue weighted by atomic mass is 10.4. The summed E-state index contributed by atoms with van der Waals surface area (Å²) in [5, 5.41) is 8.68. The predicted octanol–water partition coefficient (Wildman–Crippen LogP) is 0.540. The van der Waals surface area contributed by atoms with Crippen molar-refractivity contribution in [1.82, 2.24) is 10.2 Å². The summed E-state index contributed by atoms with van der Waals surface area (Å²) in [6, 6.07) is 0. The standard InChI is InChI=1S/C6H7F3N4OS/c7-6(8,9)1-4-12-13-5(15-4)11-3(14)2-10/h1-2,10H2,(H,11,13,14). The number of amides is 1. The highest BCUT2D eigenvalue weighted by Gasteiger charge is 2.29. The zero-order valence-electron chi connectivity index (χ0n) is 7.34. The summed E-state index contributed by atoms with van der Waals surface area (Å²) >= 11 is 0.674. The van der Waals surface area contributed by atoms with Gasteiger partial charge in [0.2, 0.25) is 11.0 Å². The minimum absolute atomic E-state index is 0.0182. The molecule has 1 amide bonds. The molecular weight excluding hydrogens is 233 g/mol. The number of aromatic nitrogens is 2. The van der Waals surface area contributed by atoms with Crippen molar-refractivity contribution in [3.05, 3.63) is 5.01 Å². The number of nitrogens with one attached hydrogen (secondary N) is 1. The van der Waals surface area contributed by atoms with E-state index in [0.717, 1.165) is 0 Å². The molecule has 0 radical (unpaired) electrons. The zero-order valence-corrected chi connectivity index (χ0v) is 8.15. The zero-order chi connectivity index (χ0) is 11.5. The number of halogens is 3. The third kappa shape index (κ3) is 4.21. The maximum Gasteiger partial charge on any atom is 0.395 e. The summed E-state index contributed by atoms with van der Waals surface area (Å²) in [5.74, 6) is -0.523. The van der Waals surface area contributed by atoms with Crippen LogP contribution in [0.2, 0.25) is 0 Å². The van der Waals surface area contributed by atoms with Gasteiger partial charge < -0.3 is 5.73 Å². The van der Waals surface area contributed by atoms with Crippen LogP contribution in [-0.4, -0.2) is 28.8 Å². The molecule has 3 N–H and O–H groups in total. The Hall–Kier alpha value is -1.22. The first-order chi connectivity index (χ1) is 6.90. The molecule has 0 bridgehead atoms. The molecule has 0 fully saturated rings. The predicted molar refractivity (Wildman–Crippen MR) is 47.4 cm³/mol. The number of nitrogens with zero attached hydrogens (tertiary/aromatic N) is 2. The number of hydrogen-bond donors (Lipinski definition) is 2.